The van der Waals surface area contributed by atoms with Crippen molar-refractivity contribution in [3.63, 3.8) is 0 Å². The standard InChI is InChI=1S/C27H20N2O5/c28-15-16-3-8-20(9-4-16)29-24(17-5-10-21(30)11-6-17)23(26(32)27(29)33)25(31)19-7-12-22-18(14-19)2-1-13-34-22/h3-12,14,24,30-31H,1-2,13H2/b25-23-. The summed E-state index contributed by atoms with van der Waals surface area (Å²) in [5.74, 6) is -1.09. The quantitative estimate of drug-likeness (QED) is 0.350. The summed E-state index contributed by atoms with van der Waals surface area (Å²) in [6.07, 6.45) is 1.64. The first kappa shape index (κ1) is 21.3. The molecule has 7 heteroatoms. The van der Waals surface area contributed by atoms with Crippen LogP contribution >= 0.6 is 0 Å². The molecule has 7 nitrogen and oxygen atoms in total. The van der Waals surface area contributed by atoms with Crippen LogP contribution in [-0.2, 0) is 16.0 Å². The third kappa shape index (κ3) is 3.55. The molecule has 0 saturated carbocycles. The van der Waals surface area contributed by atoms with Crippen molar-refractivity contribution >= 4 is 23.1 Å². The molecule has 0 bridgehead atoms. The van der Waals surface area contributed by atoms with E-state index in [1.165, 1.54) is 17.0 Å². The van der Waals surface area contributed by atoms with Crippen LogP contribution in [0.2, 0.25) is 0 Å². The van der Waals surface area contributed by atoms with Crippen molar-refractivity contribution in [2.24, 2.45) is 0 Å². The number of anilines is 1. The first-order valence-corrected chi connectivity index (χ1v) is 10.8. The number of Topliss-reactive ketones (excluding diaryl/α,β-unsaturated/α-hetero) is 1. The maximum atomic E-state index is 13.2. The number of aryl methyl sites for hydroxylation is 1. The van der Waals surface area contributed by atoms with Gasteiger partial charge in [-0.25, -0.2) is 0 Å². The van der Waals surface area contributed by atoms with E-state index in [0.717, 1.165) is 24.2 Å². The number of nitrogens with zero attached hydrogens (tertiary/aromatic N) is 2. The van der Waals surface area contributed by atoms with E-state index in [-0.39, 0.29) is 17.1 Å². The van der Waals surface area contributed by atoms with Crippen LogP contribution < -0.4 is 9.64 Å². The lowest BCUT2D eigenvalue weighted by molar-refractivity contribution is -0.132. The van der Waals surface area contributed by atoms with Crippen LogP contribution in [0.15, 0.2) is 72.3 Å². The normalized spacial score (nSPS) is 18.8. The van der Waals surface area contributed by atoms with Gasteiger partial charge in [0, 0.05) is 11.3 Å². The monoisotopic (exact) mass is 452 g/mol. The van der Waals surface area contributed by atoms with Crippen LogP contribution in [0, 0.1) is 11.3 Å². The average Bonchev–Trinajstić information content (AvgIpc) is 3.14. The molecule has 34 heavy (non-hydrogen) atoms. The first-order valence-electron chi connectivity index (χ1n) is 10.8. The smallest absolute Gasteiger partial charge is 0.300 e. The fraction of sp³-hybridized carbons (Fsp3) is 0.148. The zero-order valence-electron chi connectivity index (χ0n) is 18.1. The SMILES string of the molecule is N#Cc1ccc(N2C(=O)C(=O)/C(=C(\O)c3ccc4c(c3)CCCO4)C2c2ccc(O)cc2)cc1. The average molecular weight is 452 g/mol. The van der Waals surface area contributed by atoms with Crippen LogP contribution in [-0.4, -0.2) is 28.5 Å². The minimum atomic E-state index is -0.916. The van der Waals surface area contributed by atoms with Crippen LogP contribution in [0.5, 0.6) is 11.5 Å². The van der Waals surface area contributed by atoms with E-state index >= 15 is 0 Å². The van der Waals surface area contributed by atoms with E-state index in [2.05, 4.69) is 0 Å². The summed E-state index contributed by atoms with van der Waals surface area (Å²) in [6.45, 7) is 0.634. The molecule has 2 aliphatic rings. The molecular weight excluding hydrogens is 432 g/mol. The van der Waals surface area contributed by atoms with Gasteiger partial charge in [0.05, 0.1) is 29.9 Å². The Bertz CT molecular complexity index is 1370. The number of ketones is 1. The molecule has 0 radical (unpaired) electrons. The summed E-state index contributed by atoms with van der Waals surface area (Å²) in [5, 5.41) is 30.2. The van der Waals surface area contributed by atoms with Crippen molar-refractivity contribution in [2.75, 3.05) is 11.5 Å². The Labute approximate surface area is 195 Å². The number of rotatable bonds is 3. The van der Waals surface area contributed by atoms with E-state index in [4.69, 9.17) is 10.00 Å². The molecule has 1 fully saturated rings. The highest BCUT2D eigenvalue weighted by Crippen LogP contribution is 2.43. The van der Waals surface area contributed by atoms with Crippen LogP contribution in [0.4, 0.5) is 5.69 Å². The minimum Gasteiger partial charge on any atom is -0.508 e. The van der Waals surface area contributed by atoms with Crippen LogP contribution in [0.25, 0.3) is 5.76 Å². The number of benzene rings is 3. The molecule has 1 unspecified atom stereocenters. The maximum absolute atomic E-state index is 13.2. The summed E-state index contributed by atoms with van der Waals surface area (Å²) in [4.78, 5) is 27.7. The highest BCUT2D eigenvalue weighted by molar-refractivity contribution is 6.51. The molecule has 3 aromatic carbocycles. The number of aromatic hydroxyl groups is 1. The van der Waals surface area contributed by atoms with Gasteiger partial charge < -0.3 is 14.9 Å². The van der Waals surface area contributed by atoms with Gasteiger partial charge in [0.25, 0.3) is 11.7 Å². The number of phenols is 1. The van der Waals surface area contributed by atoms with Crippen molar-refractivity contribution in [1.29, 1.82) is 5.26 Å². The van der Waals surface area contributed by atoms with Gasteiger partial charge in [-0.05, 0) is 78.6 Å². The Kier molecular flexibility index (Phi) is 5.27. The first-order chi connectivity index (χ1) is 16.5. The predicted octanol–water partition coefficient (Wildman–Crippen LogP) is 4.22. The number of fused-ring (bicyclic) bond motifs is 1. The van der Waals surface area contributed by atoms with Gasteiger partial charge in [0.15, 0.2) is 0 Å². The van der Waals surface area contributed by atoms with Crippen LogP contribution in [0.3, 0.4) is 0 Å². The number of ether oxygens (including phenoxy) is 1. The number of nitriles is 1. The molecule has 1 amide bonds. The minimum absolute atomic E-state index is 0.0359. The van der Waals surface area contributed by atoms with Crippen molar-refractivity contribution in [1.82, 2.24) is 0 Å². The Morgan fingerprint density at radius 2 is 1.76 bits per heavy atom. The number of amides is 1. The molecule has 2 N–H and O–H groups in total. The molecule has 0 spiro atoms. The number of carbonyl (C=O) groups is 2. The molecule has 2 heterocycles. The van der Waals surface area contributed by atoms with E-state index in [1.54, 1.807) is 54.6 Å². The zero-order valence-corrected chi connectivity index (χ0v) is 18.1. The number of hydrogen-bond acceptors (Lipinski definition) is 6. The molecule has 168 valence electrons. The highest BCUT2D eigenvalue weighted by Gasteiger charge is 2.47. The van der Waals surface area contributed by atoms with Crippen molar-refractivity contribution in [2.45, 2.75) is 18.9 Å². The largest absolute Gasteiger partial charge is 0.508 e. The van der Waals surface area contributed by atoms with Crippen LogP contribution in [0.1, 0.15) is 34.7 Å². The number of aliphatic hydroxyl groups excluding tert-OH is 1. The van der Waals surface area contributed by atoms with Gasteiger partial charge in [-0.15, -0.1) is 0 Å². The fourth-order valence-electron chi connectivity index (χ4n) is 4.43. The highest BCUT2D eigenvalue weighted by atomic mass is 16.5. The summed E-state index contributed by atoms with van der Waals surface area (Å²) < 4.78 is 5.64. The van der Waals surface area contributed by atoms with Gasteiger partial charge in [0.1, 0.15) is 17.3 Å². The Morgan fingerprint density at radius 1 is 1.03 bits per heavy atom. The van der Waals surface area contributed by atoms with Crippen molar-refractivity contribution in [3.8, 4) is 17.6 Å². The number of phenolic OH excluding ortho intramolecular Hbond substituents is 1. The third-order valence-electron chi connectivity index (χ3n) is 6.11. The summed E-state index contributed by atoms with van der Waals surface area (Å²) in [6, 6.07) is 18.8. The molecule has 0 aliphatic carbocycles. The third-order valence-corrected chi connectivity index (χ3v) is 6.11. The lowest BCUT2D eigenvalue weighted by Gasteiger charge is -2.25. The van der Waals surface area contributed by atoms with E-state index in [9.17, 15) is 19.8 Å². The molecular formula is C27H20N2O5. The van der Waals surface area contributed by atoms with Gasteiger partial charge >= 0.3 is 0 Å². The molecule has 1 saturated heterocycles. The van der Waals surface area contributed by atoms with Crippen molar-refractivity contribution in [3.05, 3.63) is 94.6 Å². The lowest BCUT2D eigenvalue weighted by atomic mass is 9.93. The molecule has 5 rings (SSSR count). The maximum Gasteiger partial charge on any atom is 0.300 e. The second kappa shape index (κ2) is 8.41. The molecule has 1 atom stereocenters. The topological polar surface area (TPSA) is 111 Å². The predicted molar refractivity (Wildman–Crippen MR) is 124 cm³/mol. The number of carbonyl (C=O) groups excluding carboxylic acids is 2. The molecule has 2 aliphatic heterocycles. The summed E-state index contributed by atoms with van der Waals surface area (Å²) in [5.41, 5.74) is 2.68. The van der Waals surface area contributed by atoms with E-state index < -0.39 is 17.7 Å². The van der Waals surface area contributed by atoms with Gasteiger partial charge in [0.2, 0.25) is 0 Å². The fourth-order valence-corrected chi connectivity index (χ4v) is 4.43. The zero-order chi connectivity index (χ0) is 23.8. The summed E-state index contributed by atoms with van der Waals surface area (Å²) in [7, 11) is 0. The van der Waals surface area contributed by atoms with E-state index in [0.29, 0.717) is 29.0 Å². The number of aliphatic hydroxyl groups is 1. The van der Waals surface area contributed by atoms with Gasteiger partial charge in [-0.3, -0.25) is 14.5 Å². The molecule has 0 aromatic heterocycles. The summed E-state index contributed by atoms with van der Waals surface area (Å²) >= 11 is 0. The molecule has 3 aromatic rings. The number of hydrogen-bond donors (Lipinski definition) is 2. The Hall–Kier alpha value is -4.57. The van der Waals surface area contributed by atoms with E-state index in [1.807, 2.05) is 6.07 Å². The Morgan fingerprint density at radius 3 is 2.47 bits per heavy atom. The Balaban J connectivity index is 1.68. The second-order valence-corrected chi connectivity index (χ2v) is 8.19. The lowest BCUT2D eigenvalue weighted by Crippen LogP contribution is -2.29. The van der Waals surface area contributed by atoms with Gasteiger partial charge in [-0.2, -0.15) is 5.26 Å². The van der Waals surface area contributed by atoms with Crippen molar-refractivity contribution < 1.29 is 24.5 Å². The second-order valence-electron chi connectivity index (χ2n) is 8.19. The van der Waals surface area contributed by atoms with Gasteiger partial charge in [-0.1, -0.05) is 12.1 Å².